The highest BCUT2D eigenvalue weighted by Gasteiger charge is 2.41. The van der Waals surface area contributed by atoms with Gasteiger partial charge in [0.2, 0.25) is 0 Å². The van der Waals surface area contributed by atoms with Gasteiger partial charge >= 0.3 is 0 Å². The van der Waals surface area contributed by atoms with Crippen molar-refractivity contribution in [1.29, 1.82) is 0 Å². The van der Waals surface area contributed by atoms with E-state index in [1.54, 1.807) is 0 Å². The third-order valence-corrected chi connectivity index (χ3v) is 8.30. The standard InChI is InChI=1S/C22H36OS/c1-7-10-15-19-23-24(22(4,5)6,20(9-3)16-11-8-2)21-17-13-12-14-18-21/h9,11-14,16-18H,7-8,10,15,19H2,1-6H3/b16-11-,20-9+. The second kappa shape index (κ2) is 10.1. The van der Waals surface area contributed by atoms with Gasteiger partial charge in [0.25, 0.3) is 0 Å². The zero-order chi connectivity index (χ0) is 18.1. The summed E-state index contributed by atoms with van der Waals surface area (Å²) in [4.78, 5) is 2.66. The summed E-state index contributed by atoms with van der Waals surface area (Å²) < 4.78 is 6.82. The number of allylic oxidation sites excluding steroid dienone is 3. The molecule has 0 bridgehead atoms. The fourth-order valence-corrected chi connectivity index (χ4v) is 6.74. The van der Waals surface area contributed by atoms with Crippen molar-refractivity contribution in [3.05, 3.63) is 53.5 Å². The van der Waals surface area contributed by atoms with Crippen LogP contribution in [-0.2, 0) is 4.18 Å². The first-order valence-corrected chi connectivity index (χ1v) is 10.8. The average molecular weight is 349 g/mol. The molecule has 0 radical (unpaired) electrons. The molecule has 1 rings (SSSR count). The predicted molar refractivity (Wildman–Crippen MR) is 111 cm³/mol. The van der Waals surface area contributed by atoms with Crippen LogP contribution in [0, 0.1) is 0 Å². The summed E-state index contributed by atoms with van der Waals surface area (Å²) in [6.45, 7) is 14.3. The molecule has 1 atom stereocenters. The number of rotatable bonds is 9. The lowest BCUT2D eigenvalue weighted by Crippen LogP contribution is -2.28. The van der Waals surface area contributed by atoms with E-state index in [0.717, 1.165) is 19.4 Å². The molecule has 0 N–H and O–H groups in total. The van der Waals surface area contributed by atoms with Crippen LogP contribution in [0.4, 0.5) is 0 Å². The van der Waals surface area contributed by atoms with Crippen molar-refractivity contribution in [3.63, 3.8) is 0 Å². The average Bonchev–Trinajstić information content (AvgIpc) is 2.56. The molecule has 1 nitrogen and oxygen atoms in total. The molecule has 1 aromatic rings. The van der Waals surface area contributed by atoms with Crippen LogP contribution in [0.5, 0.6) is 0 Å². The zero-order valence-electron chi connectivity index (χ0n) is 16.5. The second-order valence-corrected chi connectivity index (χ2v) is 10.5. The van der Waals surface area contributed by atoms with E-state index < -0.39 is 10.3 Å². The Hall–Kier alpha value is -0.990. The number of hydrogen-bond acceptors (Lipinski definition) is 1. The van der Waals surface area contributed by atoms with Crippen LogP contribution in [0.1, 0.15) is 67.2 Å². The van der Waals surface area contributed by atoms with Crippen molar-refractivity contribution in [2.45, 2.75) is 76.9 Å². The summed E-state index contributed by atoms with van der Waals surface area (Å²) in [7, 11) is -1.56. The summed E-state index contributed by atoms with van der Waals surface area (Å²) in [5.74, 6) is 0. The van der Waals surface area contributed by atoms with E-state index in [9.17, 15) is 0 Å². The van der Waals surface area contributed by atoms with Crippen LogP contribution in [0.25, 0.3) is 0 Å². The van der Waals surface area contributed by atoms with Gasteiger partial charge in [-0.1, -0.05) is 73.4 Å². The van der Waals surface area contributed by atoms with Gasteiger partial charge in [0.05, 0.1) is 6.61 Å². The molecule has 0 saturated carbocycles. The van der Waals surface area contributed by atoms with Gasteiger partial charge in [0.1, 0.15) is 0 Å². The van der Waals surface area contributed by atoms with E-state index in [1.807, 2.05) is 0 Å². The fourth-order valence-electron chi connectivity index (χ4n) is 2.90. The Kier molecular flexibility index (Phi) is 8.86. The van der Waals surface area contributed by atoms with Gasteiger partial charge in [-0.3, -0.25) is 0 Å². The van der Waals surface area contributed by atoms with Crippen LogP contribution in [-0.4, -0.2) is 11.4 Å². The maximum atomic E-state index is 6.80. The first kappa shape index (κ1) is 21.1. The molecule has 0 amide bonds. The Balaban J connectivity index is 3.41. The SMILES string of the molecule is C/C=C(\C=C/CC)S(OCCCCC)(c1ccccc1)C(C)(C)C. The third kappa shape index (κ3) is 5.00. The van der Waals surface area contributed by atoms with Gasteiger partial charge in [-0.2, -0.15) is 0 Å². The molecule has 24 heavy (non-hydrogen) atoms. The molecule has 1 unspecified atom stereocenters. The normalized spacial score (nSPS) is 17.0. The monoisotopic (exact) mass is 348 g/mol. The van der Waals surface area contributed by atoms with Crippen LogP contribution < -0.4 is 0 Å². The summed E-state index contributed by atoms with van der Waals surface area (Å²) in [5, 5.41) is 0. The molecular formula is C22H36OS. The lowest BCUT2D eigenvalue weighted by molar-refractivity contribution is 0.334. The molecule has 0 heterocycles. The van der Waals surface area contributed by atoms with Crippen LogP contribution in [0.3, 0.4) is 0 Å². The van der Waals surface area contributed by atoms with Gasteiger partial charge in [-0.15, -0.1) is 0 Å². The molecule has 0 aliphatic rings. The Bertz CT molecular complexity index is 525. The minimum atomic E-state index is -1.56. The van der Waals surface area contributed by atoms with Crippen molar-refractivity contribution in [2.24, 2.45) is 0 Å². The van der Waals surface area contributed by atoms with E-state index in [2.05, 4.69) is 90.1 Å². The van der Waals surface area contributed by atoms with Gasteiger partial charge < -0.3 is 4.18 Å². The summed E-state index contributed by atoms with van der Waals surface area (Å²) in [5.41, 5.74) is 0. The molecular weight excluding hydrogens is 312 g/mol. The number of unbranched alkanes of at least 4 members (excludes halogenated alkanes) is 2. The Morgan fingerprint density at radius 3 is 2.25 bits per heavy atom. The summed E-state index contributed by atoms with van der Waals surface area (Å²) in [6.07, 6.45) is 11.4. The third-order valence-electron chi connectivity index (χ3n) is 4.08. The highest BCUT2D eigenvalue weighted by Crippen LogP contribution is 2.71. The van der Waals surface area contributed by atoms with Crippen molar-refractivity contribution in [1.82, 2.24) is 0 Å². The van der Waals surface area contributed by atoms with E-state index in [0.29, 0.717) is 0 Å². The first-order valence-electron chi connectivity index (χ1n) is 9.29. The highest BCUT2D eigenvalue weighted by molar-refractivity contribution is 8.34. The topological polar surface area (TPSA) is 9.23 Å². The van der Waals surface area contributed by atoms with E-state index in [1.165, 1.54) is 22.6 Å². The molecule has 0 spiro atoms. The predicted octanol–water partition coefficient (Wildman–Crippen LogP) is 7.64. The Morgan fingerprint density at radius 2 is 1.75 bits per heavy atom. The van der Waals surface area contributed by atoms with Gasteiger partial charge in [-0.25, -0.2) is 0 Å². The Labute approximate surface area is 151 Å². The number of benzene rings is 1. The second-order valence-electron chi connectivity index (χ2n) is 7.01. The maximum absolute atomic E-state index is 6.80. The lowest BCUT2D eigenvalue weighted by atomic mass is 10.3. The summed E-state index contributed by atoms with van der Waals surface area (Å²) in [6, 6.07) is 10.8. The molecule has 0 fully saturated rings. The van der Waals surface area contributed by atoms with Crippen molar-refractivity contribution < 1.29 is 4.18 Å². The molecule has 2 heteroatoms. The first-order chi connectivity index (χ1) is 11.4. The molecule has 0 aliphatic heterocycles. The van der Waals surface area contributed by atoms with Crippen molar-refractivity contribution in [3.8, 4) is 0 Å². The molecule has 136 valence electrons. The molecule has 1 aromatic carbocycles. The quantitative estimate of drug-likeness (QED) is 0.329. The highest BCUT2D eigenvalue weighted by atomic mass is 32.3. The summed E-state index contributed by atoms with van der Waals surface area (Å²) >= 11 is 0. The zero-order valence-corrected chi connectivity index (χ0v) is 17.3. The van der Waals surface area contributed by atoms with Crippen molar-refractivity contribution >= 4 is 10.3 Å². The van der Waals surface area contributed by atoms with Crippen molar-refractivity contribution in [2.75, 3.05) is 6.61 Å². The van der Waals surface area contributed by atoms with Gasteiger partial charge in [0.15, 0.2) is 0 Å². The van der Waals surface area contributed by atoms with Gasteiger partial charge in [-0.05, 0) is 52.7 Å². The molecule has 0 aromatic heterocycles. The van der Waals surface area contributed by atoms with Crippen LogP contribution in [0.15, 0.2) is 58.4 Å². The smallest absolute Gasteiger partial charge is 0.0601 e. The molecule has 0 aliphatic carbocycles. The lowest BCUT2D eigenvalue weighted by Gasteiger charge is -2.51. The largest absolute Gasteiger partial charge is 0.328 e. The van der Waals surface area contributed by atoms with E-state index in [-0.39, 0.29) is 4.75 Å². The van der Waals surface area contributed by atoms with E-state index >= 15 is 0 Å². The van der Waals surface area contributed by atoms with Crippen LogP contribution in [0.2, 0.25) is 0 Å². The van der Waals surface area contributed by atoms with Crippen LogP contribution >= 0.6 is 10.3 Å². The maximum Gasteiger partial charge on any atom is 0.0601 e. The van der Waals surface area contributed by atoms with E-state index in [4.69, 9.17) is 4.18 Å². The minimum absolute atomic E-state index is 0.0283. The minimum Gasteiger partial charge on any atom is -0.328 e. The Morgan fingerprint density at radius 1 is 1.08 bits per heavy atom. The number of hydrogen-bond donors (Lipinski definition) is 0. The van der Waals surface area contributed by atoms with Gasteiger partial charge in [0, 0.05) is 14.5 Å². The molecule has 0 saturated heterocycles. The fraction of sp³-hybridized carbons (Fsp3) is 0.545.